The van der Waals surface area contributed by atoms with E-state index in [-0.39, 0.29) is 12.2 Å². The molecule has 2 aliphatic rings. The Bertz CT molecular complexity index is 190. The molecule has 1 saturated heterocycles. The molecule has 1 saturated carbocycles. The van der Waals surface area contributed by atoms with Crippen molar-refractivity contribution < 1.29 is 10.2 Å². The maximum Gasteiger partial charge on any atom is 0.0564 e. The third-order valence-electron chi connectivity index (χ3n) is 3.88. The molecule has 0 aromatic rings. The summed E-state index contributed by atoms with van der Waals surface area (Å²) < 4.78 is 0. The van der Waals surface area contributed by atoms with Gasteiger partial charge in [0.05, 0.1) is 12.2 Å². The van der Waals surface area contributed by atoms with Gasteiger partial charge in [0.2, 0.25) is 0 Å². The van der Waals surface area contributed by atoms with Crippen LogP contribution in [0.4, 0.5) is 0 Å². The van der Waals surface area contributed by atoms with E-state index in [0.717, 1.165) is 38.8 Å². The molecular formula is C12H23NO2. The summed E-state index contributed by atoms with van der Waals surface area (Å²) in [6.07, 6.45) is 7.21. The highest BCUT2D eigenvalue weighted by molar-refractivity contribution is 4.82. The van der Waals surface area contributed by atoms with Crippen LogP contribution in [0.1, 0.15) is 44.9 Å². The standard InChI is InChI=1S/C12H23NO2/c14-11-5-7-13(8-6-11)10-3-1-2-4-12(15)9-10/h10-12,14-15H,1-9H2. The van der Waals surface area contributed by atoms with Gasteiger partial charge in [0.1, 0.15) is 0 Å². The van der Waals surface area contributed by atoms with Gasteiger partial charge in [-0.25, -0.2) is 0 Å². The van der Waals surface area contributed by atoms with Crippen LogP contribution in [0.25, 0.3) is 0 Å². The lowest BCUT2D eigenvalue weighted by molar-refractivity contribution is 0.0425. The first-order chi connectivity index (χ1) is 7.25. The molecule has 0 radical (unpaired) electrons. The first-order valence-electron chi connectivity index (χ1n) is 6.36. The van der Waals surface area contributed by atoms with Crippen molar-refractivity contribution in [3.63, 3.8) is 0 Å². The van der Waals surface area contributed by atoms with Gasteiger partial charge in [-0.05, 0) is 32.1 Å². The normalized spacial score (nSPS) is 36.4. The van der Waals surface area contributed by atoms with Gasteiger partial charge in [-0.15, -0.1) is 0 Å². The summed E-state index contributed by atoms with van der Waals surface area (Å²) in [6, 6.07) is 0.565. The fourth-order valence-corrected chi connectivity index (χ4v) is 2.89. The van der Waals surface area contributed by atoms with E-state index in [4.69, 9.17) is 0 Å². The predicted molar refractivity (Wildman–Crippen MR) is 59.7 cm³/mol. The molecule has 3 nitrogen and oxygen atoms in total. The van der Waals surface area contributed by atoms with Gasteiger partial charge in [0.15, 0.2) is 0 Å². The van der Waals surface area contributed by atoms with Crippen LogP contribution in [-0.2, 0) is 0 Å². The van der Waals surface area contributed by atoms with E-state index in [0.29, 0.717) is 6.04 Å². The second-order valence-electron chi connectivity index (χ2n) is 5.09. The highest BCUT2D eigenvalue weighted by atomic mass is 16.3. The maximum atomic E-state index is 9.77. The van der Waals surface area contributed by atoms with Crippen molar-refractivity contribution in [2.45, 2.75) is 63.2 Å². The van der Waals surface area contributed by atoms with Crippen molar-refractivity contribution >= 4 is 0 Å². The third kappa shape index (κ3) is 3.16. The van der Waals surface area contributed by atoms with Crippen molar-refractivity contribution in [1.82, 2.24) is 4.90 Å². The molecule has 2 N–H and O–H groups in total. The number of hydrogen-bond donors (Lipinski definition) is 2. The lowest BCUT2D eigenvalue weighted by Crippen LogP contribution is -2.43. The van der Waals surface area contributed by atoms with Crippen LogP contribution in [0.2, 0.25) is 0 Å². The monoisotopic (exact) mass is 213 g/mol. The summed E-state index contributed by atoms with van der Waals surface area (Å²) in [5, 5.41) is 19.2. The summed E-state index contributed by atoms with van der Waals surface area (Å²) in [6.45, 7) is 2.02. The smallest absolute Gasteiger partial charge is 0.0564 e. The summed E-state index contributed by atoms with van der Waals surface area (Å²) in [5.41, 5.74) is 0. The second-order valence-corrected chi connectivity index (χ2v) is 5.09. The van der Waals surface area contributed by atoms with E-state index in [2.05, 4.69) is 4.90 Å². The number of nitrogens with zero attached hydrogens (tertiary/aromatic N) is 1. The SMILES string of the molecule is OC1CCN(C2CCCCC(O)C2)CC1. The minimum absolute atomic E-state index is 0.0862. The summed E-state index contributed by atoms with van der Waals surface area (Å²) in [5.74, 6) is 0. The Morgan fingerprint density at radius 1 is 0.800 bits per heavy atom. The summed E-state index contributed by atoms with van der Waals surface area (Å²) in [7, 11) is 0. The van der Waals surface area contributed by atoms with Gasteiger partial charge in [-0.2, -0.15) is 0 Å². The number of hydrogen-bond acceptors (Lipinski definition) is 3. The molecule has 0 spiro atoms. The van der Waals surface area contributed by atoms with Gasteiger partial charge in [0.25, 0.3) is 0 Å². The minimum Gasteiger partial charge on any atom is -0.393 e. The van der Waals surface area contributed by atoms with Crippen LogP contribution in [0, 0.1) is 0 Å². The van der Waals surface area contributed by atoms with E-state index >= 15 is 0 Å². The Balaban J connectivity index is 1.85. The van der Waals surface area contributed by atoms with Crippen LogP contribution in [0.15, 0.2) is 0 Å². The maximum absolute atomic E-state index is 9.77. The fraction of sp³-hybridized carbons (Fsp3) is 1.00. The second kappa shape index (κ2) is 5.28. The van der Waals surface area contributed by atoms with Crippen molar-refractivity contribution in [1.29, 1.82) is 0 Å². The van der Waals surface area contributed by atoms with Crippen molar-refractivity contribution in [3.05, 3.63) is 0 Å². The molecule has 1 aliphatic heterocycles. The Kier molecular flexibility index (Phi) is 4.00. The van der Waals surface area contributed by atoms with Gasteiger partial charge in [-0.1, -0.05) is 12.8 Å². The molecule has 2 unspecified atom stereocenters. The predicted octanol–water partition coefficient (Wildman–Crippen LogP) is 1.14. The van der Waals surface area contributed by atoms with E-state index in [9.17, 15) is 10.2 Å². The number of likely N-dealkylation sites (tertiary alicyclic amines) is 1. The van der Waals surface area contributed by atoms with Gasteiger partial charge in [0, 0.05) is 19.1 Å². The fourth-order valence-electron chi connectivity index (χ4n) is 2.89. The van der Waals surface area contributed by atoms with E-state index in [1.54, 1.807) is 0 Å². The highest BCUT2D eigenvalue weighted by Gasteiger charge is 2.27. The zero-order valence-corrected chi connectivity index (χ0v) is 9.44. The molecular weight excluding hydrogens is 190 g/mol. The number of aliphatic hydroxyl groups is 2. The molecule has 0 bridgehead atoms. The third-order valence-corrected chi connectivity index (χ3v) is 3.88. The minimum atomic E-state index is -0.0932. The molecule has 15 heavy (non-hydrogen) atoms. The highest BCUT2D eigenvalue weighted by Crippen LogP contribution is 2.24. The van der Waals surface area contributed by atoms with Crippen molar-refractivity contribution in [2.24, 2.45) is 0 Å². The quantitative estimate of drug-likeness (QED) is 0.642. The Labute approximate surface area is 92.1 Å². The largest absolute Gasteiger partial charge is 0.393 e. The number of aliphatic hydroxyl groups excluding tert-OH is 2. The number of piperidine rings is 1. The molecule has 2 atom stereocenters. The molecule has 0 aromatic heterocycles. The van der Waals surface area contributed by atoms with Crippen LogP contribution in [0.5, 0.6) is 0 Å². The summed E-state index contributed by atoms with van der Waals surface area (Å²) in [4.78, 5) is 2.47. The molecule has 88 valence electrons. The molecule has 1 aliphatic carbocycles. The molecule has 3 heteroatoms. The topological polar surface area (TPSA) is 43.7 Å². The first kappa shape index (κ1) is 11.4. The van der Waals surface area contributed by atoms with Crippen LogP contribution in [-0.4, -0.2) is 46.5 Å². The lowest BCUT2D eigenvalue weighted by atomic mass is 10.0. The first-order valence-corrected chi connectivity index (χ1v) is 6.36. The van der Waals surface area contributed by atoms with Crippen molar-refractivity contribution in [2.75, 3.05) is 13.1 Å². The van der Waals surface area contributed by atoms with Crippen LogP contribution < -0.4 is 0 Å². The zero-order chi connectivity index (χ0) is 10.7. The molecule has 0 amide bonds. The van der Waals surface area contributed by atoms with Crippen molar-refractivity contribution in [3.8, 4) is 0 Å². The average molecular weight is 213 g/mol. The zero-order valence-electron chi connectivity index (χ0n) is 9.44. The molecule has 1 heterocycles. The van der Waals surface area contributed by atoms with E-state index in [1.165, 1.54) is 19.3 Å². The van der Waals surface area contributed by atoms with Gasteiger partial charge >= 0.3 is 0 Å². The van der Waals surface area contributed by atoms with E-state index < -0.39 is 0 Å². The van der Waals surface area contributed by atoms with Gasteiger partial charge < -0.3 is 15.1 Å². The van der Waals surface area contributed by atoms with Crippen LogP contribution >= 0.6 is 0 Å². The Morgan fingerprint density at radius 2 is 1.47 bits per heavy atom. The lowest BCUT2D eigenvalue weighted by Gasteiger charge is -2.36. The number of rotatable bonds is 1. The Morgan fingerprint density at radius 3 is 2.20 bits per heavy atom. The molecule has 2 fully saturated rings. The average Bonchev–Trinajstić information content (AvgIpc) is 2.44. The van der Waals surface area contributed by atoms with E-state index in [1.807, 2.05) is 0 Å². The molecule has 0 aromatic carbocycles. The Hall–Kier alpha value is -0.120. The molecule has 2 rings (SSSR count). The summed E-state index contributed by atoms with van der Waals surface area (Å²) >= 11 is 0. The van der Waals surface area contributed by atoms with Crippen LogP contribution in [0.3, 0.4) is 0 Å². The van der Waals surface area contributed by atoms with Gasteiger partial charge in [-0.3, -0.25) is 0 Å².